The van der Waals surface area contributed by atoms with Crippen molar-refractivity contribution in [3.63, 3.8) is 0 Å². The lowest BCUT2D eigenvalue weighted by Gasteiger charge is -1.94. The Hall–Kier alpha value is -2.17. The van der Waals surface area contributed by atoms with Crippen LogP contribution in [0.3, 0.4) is 0 Å². The van der Waals surface area contributed by atoms with Crippen LogP contribution in [0, 0.1) is 0 Å². The molecular weight excluding hydrogens is 216 g/mol. The third kappa shape index (κ3) is 1.91. The van der Waals surface area contributed by atoms with Gasteiger partial charge in [0.25, 0.3) is 0 Å². The average Bonchev–Trinajstić information content (AvgIpc) is 2.71. The first-order valence-electron chi connectivity index (χ1n) is 5.51. The number of aromatic nitrogens is 4. The van der Waals surface area contributed by atoms with Gasteiger partial charge in [0.2, 0.25) is 5.88 Å². The number of rotatable bonds is 1. The van der Waals surface area contributed by atoms with Crippen LogP contribution in [0.15, 0.2) is 24.7 Å². The zero-order valence-corrected chi connectivity index (χ0v) is 10.1. The summed E-state index contributed by atoms with van der Waals surface area (Å²) in [6, 6.07) is 3.73. The smallest absolute Gasteiger partial charge is 0.214 e. The summed E-state index contributed by atoms with van der Waals surface area (Å²) in [5.74, 6) is 0.565. The minimum atomic E-state index is 0.565. The largest absolute Gasteiger partial charge is 0.481 e. The Bertz CT molecular complexity index is 633. The SMILES string of the molecule is CC.COc1ccc2cnc3nc[nH]c(n1)c23. The van der Waals surface area contributed by atoms with E-state index in [2.05, 4.69) is 19.9 Å². The van der Waals surface area contributed by atoms with E-state index in [4.69, 9.17) is 4.74 Å². The molecule has 0 aromatic carbocycles. The van der Waals surface area contributed by atoms with Crippen LogP contribution in [-0.2, 0) is 0 Å². The molecule has 0 atom stereocenters. The highest BCUT2D eigenvalue weighted by Gasteiger charge is 2.06. The molecule has 0 aliphatic heterocycles. The van der Waals surface area contributed by atoms with Gasteiger partial charge in [0, 0.05) is 17.6 Å². The van der Waals surface area contributed by atoms with Gasteiger partial charge in [0.1, 0.15) is 5.65 Å². The predicted octanol–water partition coefficient (Wildman–Crippen LogP) is 2.54. The van der Waals surface area contributed by atoms with Crippen molar-refractivity contribution in [2.75, 3.05) is 7.11 Å². The molecular formula is C12H14N4O. The van der Waals surface area contributed by atoms with Crippen molar-refractivity contribution in [3.8, 4) is 5.88 Å². The molecule has 5 heteroatoms. The summed E-state index contributed by atoms with van der Waals surface area (Å²) in [4.78, 5) is 15.6. The number of nitrogens with one attached hydrogen (secondary N) is 1. The summed E-state index contributed by atoms with van der Waals surface area (Å²) in [5, 5.41) is 1.93. The number of methoxy groups -OCH3 is 1. The fourth-order valence-electron chi connectivity index (χ4n) is 1.59. The molecule has 0 spiro atoms. The average molecular weight is 230 g/mol. The molecule has 0 amide bonds. The van der Waals surface area contributed by atoms with Crippen molar-refractivity contribution in [2.24, 2.45) is 0 Å². The molecule has 3 heterocycles. The molecule has 3 aromatic rings. The van der Waals surface area contributed by atoms with Crippen molar-refractivity contribution in [1.29, 1.82) is 0 Å². The molecule has 0 unspecified atom stereocenters. The Balaban J connectivity index is 0.000000514. The number of ether oxygens (including phenoxy) is 1. The topological polar surface area (TPSA) is 63.7 Å². The van der Waals surface area contributed by atoms with E-state index in [0.717, 1.165) is 16.4 Å². The van der Waals surface area contributed by atoms with Crippen molar-refractivity contribution >= 4 is 22.1 Å². The molecule has 0 saturated heterocycles. The van der Waals surface area contributed by atoms with E-state index in [1.807, 2.05) is 26.0 Å². The van der Waals surface area contributed by atoms with E-state index in [0.29, 0.717) is 11.5 Å². The van der Waals surface area contributed by atoms with Crippen molar-refractivity contribution < 1.29 is 4.74 Å². The van der Waals surface area contributed by atoms with E-state index < -0.39 is 0 Å². The minimum Gasteiger partial charge on any atom is -0.481 e. The summed E-state index contributed by atoms with van der Waals surface area (Å²) in [6.45, 7) is 4.00. The number of hydrogen-bond acceptors (Lipinski definition) is 4. The summed E-state index contributed by atoms with van der Waals surface area (Å²) >= 11 is 0. The Morgan fingerprint density at radius 3 is 2.76 bits per heavy atom. The molecule has 0 aliphatic rings. The third-order valence-corrected chi connectivity index (χ3v) is 2.30. The van der Waals surface area contributed by atoms with Gasteiger partial charge >= 0.3 is 0 Å². The van der Waals surface area contributed by atoms with E-state index in [-0.39, 0.29) is 0 Å². The number of aromatic amines is 1. The van der Waals surface area contributed by atoms with E-state index in [1.54, 1.807) is 19.6 Å². The molecule has 0 bridgehead atoms. The maximum Gasteiger partial charge on any atom is 0.214 e. The molecule has 0 aliphatic carbocycles. The Morgan fingerprint density at radius 2 is 2.00 bits per heavy atom. The third-order valence-electron chi connectivity index (χ3n) is 2.30. The quantitative estimate of drug-likeness (QED) is 0.697. The fourth-order valence-corrected chi connectivity index (χ4v) is 1.59. The molecule has 0 radical (unpaired) electrons. The molecule has 3 rings (SSSR count). The Morgan fingerprint density at radius 1 is 1.18 bits per heavy atom. The Kier molecular flexibility index (Phi) is 3.18. The number of hydrogen-bond donors (Lipinski definition) is 1. The molecule has 88 valence electrons. The second-order valence-electron chi connectivity index (χ2n) is 3.15. The predicted molar refractivity (Wildman–Crippen MR) is 67.1 cm³/mol. The van der Waals surface area contributed by atoms with E-state index in [9.17, 15) is 0 Å². The zero-order chi connectivity index (χ0) is 12.3. The first kappa shape index (κ1) is 11.3. The number of nitrogens with zero attached hydrogens (tertiary/aromatic N) is 3. The van der Waals surface area contributed by atoms with Gasteiger partial charge in [0.15, 0.2) is 5.65 Å². The highest BCUT2D eigenvalue weighted by molar-refractivity contribution is 6.03. The summed E-state index contributed by atoms with van der Waals surface area (Å²) < 4.78 is 5.11. The zero-order valence-electron chi connectivity index (χ0n) is 10.1. The number of H-pyrrole nitrogens is 1. The van der Waals surface area contributed by atoms with E-state index in [1.165, 1.54) is 0 Å². The monoisotopic (exact) mass is 230 g/mol. The normalized spacial score (nSPS) is 10.1. The second kappa shape index (κ2) is 4.78. The maximum absolute atomic E-state index is 5.11. The van der Waals surface area contributed by atoms with Gasteiger partial charge in [-0.25, -0.2) is 9.97 Å². The molecule has 1 N–H and O–H groups in total. The van der Waals surface area contributed by atoms with Crippen LogP contribution in [0.4, 0.5) is 0 Å². The van der Waals surface area contributed by atoms with Gasteiger partial charge in [-0.1, -0.05) is 13.8 Å². The van der Waals surface area contributed by atoms with Gasteiger partial charge in [-0.15, -0.1) is 0 Å². The van der Waals surface area contributed by atoms with E-state index >= 15 is 0 Å². The standard InChI is InChI=1S/C10H8N4O.C2H6/c1-15-7-3-2-6-4-11-9-8(6)10(14-7)13-5-12-9;1-2/h2-5H,1H3,(H,11,12,13,14);1-2H3. The van der Waals surface area contributed by atoms with Crippen LogP contribution in [0.1, 0.15) is 13.8 Å². The van der Waals surface area contributed by atoms with Crippen LogP contribution in [-0.4, -0.2) is 27.0 Å². The highest BCUT2D eigenvalue weighted by atomic mass is 16.5. The maximum atomic E-state index is 5.11. The van der Waals surface area contributed by atoms with Crippen molar-refractivity contribution in [3.05, 3.63) is 24.7 Å². The first-order valence-corrected chi connectivity index (χ1v) is 5.51. The molecule has 5 nitrogen and oxygen atoms in total. The van der Waals surface area contributed by atoms with Crippen LogP contribution in [0.5, 0.6) is 5.88 Å². The van der Waals surface area contributed by atoms with Crippen LogP contribution in [0.2, 0.25) is 0 Å². The van der Waals surface area contributed by atoms with Crippen LogP contribution in [0.25, 0.3) is 22.1 Å². The summed E-state index contributed by atoms with van der Waals surface area (Å²) in [6.07, 6.45) is 3.36. The minimum absolute atomic E-state index is 0.565. The van der Waals surface area contributed by atoms with Crippen LogP contribution >= 0.6 is 0 Å². The fraction of sp³-hybridized carbons (Fsp3) is 0.250. The van der Waals surface area contributed by atoms with Crippen LogP contribution < -0.4 is 4.74 Å². The lowest BCUT2D eigenvalue weighted by Crippen LogP contribution is -1.86. The lowest BCUT2D eigenvalue weighted by atomic mass is 10.3. The molecule has 3 aromatic heterocycles. The lowest BCUT2D eigenvalue weighted by molar-refractivity contribution is 0.400. The van der Waals surface area contributed by atoms with Gasteiger partial charge in [-0.05, 0) is 6.07 Å². The summed E-state index contributed by atoms with van der Waals surface area (Å²) in [5.41, 5.74) is 1.43. The van der Waals surface area contributed by atoms with Gasteiger partial charge in [-0.2, -0.15) is 4.98 Å². The first-order chi connectivity index (χ1) is 8.38. The van der Waals surface area contributed by atoms with Gasteiger partial charge in [-0.3, -0.25) is 0 Å². The van der Waals surface area contributed by atoms with Crippen molar-refractivity contribution in [1.82, 2.24) is 19.9 Å². The molecule has 0 saturated carbocycles. The van der Waals surface area contributed by atoms with Gasteiger partial charge in [0.05, 0.1) is 18.8 Å². The van der Waals surface area contributed by atoms with Crippen molar-refractivity contribution in [2.45, 2.75) is 13.8 Å². The van der Waals surface area contributed by atoms with Gasteiger partial charge < -0.3 is 9.72 Å². The molecule has 17 heavy (non-hydrogen) atoms. The highest BCUT2D eigenvalue weighted by Crippen LogP contribution is 2.22. The Labute approximate surface area is 98.9 Å². The molecule has 0 fully saturated rings. The second-order valence-corrected chi connectivity index (χ2v) is 3.15. The summed E-state index contributed by atoms with van der Waals surface area (Å²) in [7, 11) is 1.59.